The highest BCUT2D eigenvalue weighted by atomic mass is 32.2. The Labute approximate surface area is 73.8 Å². The summed E-state index contributed by atoms with van der Waals surface area (Å²) in [7, 11) is 1.77. The molecular formula is C6H9N3O2S. The van der Waals surface area contributed by atoms with E-state index < -0.39 is 11.2 Å². The van der Waals surface area contributed by atoms with Crippen LogP contribution in [-0.4, -0.2) is 31.1 Å². The van der Waals surface area contributed by atoms with E-state index >= 15 is 0 Å². The van der Waals surface area contributed by atoms with Gasteiger partial charge in [-0.3, -0.25) is 4.79 Å². The summed E-state index contributed by atoms with van der Waals surface area (Å²) in [6.45, 7) is 1.61. The molecule has 1 N–H and O–H groups in total. The van der Waals surface area contributed by atoms with Gasteiger partial charge < -0.3 is 9.67 Å². The number of aliphatic carboxylic acids is 1. The molecule has 1 aromatic rings. The number of rotatable bonds is 3. The van der Waals surface area contributed by atoms with Crippen molar-refractivity contribution in [1.29, 1.82) is 0 Å². The lowest BCUT2D eigenvalue weighted by molar-refractivity contribution is -0.136. The van der Waals surface area contributed by atoms with Crippen LogP contribution in [0.5, 0.6) is 0 Å². The van der Waals surface area contributed by atoms with Crippen molar-refractivity contribution < 1.29 is 9.90 Å². The first-order valence-electron chi connectivity index (χ1n) is 3.34. The number of carbonyl (C=O) groups is 1. The van der Waals surface area contributed by atoms with E-state index in [4.69, 9.17) is 5.11 Å². The number of carboxylic acid groups (broad SMARTS) is 1. The van der Waals surface area contributed by atoms with Crippen LogP contribution in [0.3, 0.4) is 0 Å². The Balaban J connectivity index is 2.64. The number of aromatic nitrogens is 3. The van der Waals surface area contributed by atoms with Crippen LogP contribution in [-0.2, 0) is 11.8 Å². The zero-order valence-corrected chi connectivity index (χ0v) is 7.58. The maximum Gasteiger partial charge on any atom is 0.316 e. The van der Waals surface area contributed by atoms with E-state index in [2.05, 4.69) is 10.2 Å². The van der Waals surface area contributed by atoms with Crippen molar-refractivity contribution in [1.82, 2.24) is 14.8 Å². The minimum Gasteiger partial charge on any atom is -0.480 e. The fourth-order valence-corrected chi connectivity index (χ4v) is 1.31. The highest BCUT2D eigenvalue weighted by Crippen LogP contribution is 2.19. The molecule has 0 radical (unpaired) electrons. The van der Waals surface area contributed by atoms with Gasteiger partial charge in [-0.2, -0.15) is 0 Å². The second kappa shape index (κ2) is 3.57. The lowest BCUT2D eigenvalue weighted by atomic mass is 10.5. The summed E-state index contributed by atoms with van der Waals surface area (Å²) >= 11 is 1.17. The molecule has 0 aliphatic rings. The second-order valence-electron chi connectivity index (χ2n) is 2.32. The Morgan fingerprint density at radius 1 is 1.83 bits per heavy atom. The molecule has 0 spiro atoms. The Bertz CT molecular complexity index is 286. The molecule has 0 amide bonds. The normalized spacial score (nSPS) is 12.8. The van der Waals surface area contributed by atoms with Crippen molar-refractivity contribution in [3.63, 3.8) is 0 Å². The number of hydrogen-bond acceptors (Lipinski definition) is 4. The molecule has 0 aliphatic carbocycles. The lowest BCUT2D eigenvalue weighted by Crippen LogP contribution is -2.12. The molecule has 0 saturated heterocycles. The van der Waals surface area contributed by atoms with Gasteiger partial charge in [-0.05, 0) is 6.92 Å². The van der Waals surface area contributed by atoms with Crippen molar-refractivity contribution in [3.05, 3.63) is 6.33 Å². The van der Waals surface area contributed by atoms with Crippen molar-refractivity contribution in [2.45, 2.75) is 17.3 Å². The number of nitrogens with zero attached hydrogens (tertiary/aromatic N) is 3. The molecule has 66 valence electrons. The van der Waals surface area contributed by atoms with E-state index in [1.807, 2.05) is 0 Å². The van der Waals surface area contributed by atoms with Crippen LogP contribution in [0, 0.1) is 0 Å². The number of aryl methyl sites for hydroxylation is 1. The SMILES string of the molecule is CC(Sc1nncn1C)C(=O)O. The molecule has 1 unspecified atom stereocenters. The highest BCUT2D eigenvalue weighted by Gasteiger charge is 2.14. The quantitative estimate of drug-likeness (QED) is 0.693. The van der Waals surface area contributed by atoms with E-state index in [0.717, 1.165) is 0 Å². The lowest BCUT2D eigenvalue weighted by Gasteiger charge is -2.03. The Kier molecular flexibility index (Phi) is 2.69. The van der Waals surface area contributed by atoms with Crippen molar-refractivity contribution in [2.75, 3.05) is 0 Å². The molecule has 12 heavy (non-hydrogen) atoms. The molecule has 5 nitrogen and oxygen atoms in total. The molecule has 1 aromatic heterocycles. The Hall–Kier alpha value is -1.04. The van der Waals surface area contributed by atoms with Gasteiger partial charge in [0, 0.05) is 7.05 Å². The monoisotopic (exact) mass is 187 g/mol. The van der Waals surface area contributed by atoms with Crippen LogP contribution in [0.4, 0.5) is 0 Å². The first-order valence-corrected chi connectivity index (χ1v) is 4.22. The molecule has 0 aliphatic heterocycles. The van der Waals surface area contributed by atoms with E-state index in [0.29, 0.717) is 5.16 Å². The Morgan fingerprint density at radius 3 is 2.92 bits per heavy atom. The first-order chi connectivity index (χ1) is 5.61. The van der Waals surface area contributed by atoms with Crippen LogP contribution in [0.15, 0.2) is 11.5 Å². The van der Waals surface area contributed by atoms with Gasteiger partial charge in [-0.15, -0.1) is 10.2 Å². The molecule has 1 heterocycles. The molecule has 0 bridgehead atoms. The van der Waals surface area contributed by atoms with E-state index in [1.165, 1.54) is 18.1 Å². The van der Waals surface area contributed by atoms with Gasteiger partial charge in [0.2, 0.25) is 0 Å². The molecule has 0 saturated carbocycles. The fourth-order valence-electron chi connectivity index (χ4n) is 0.588. The molecular weight excluding hydrogens is 178 g/mol. The average Bonchev–Trinajstić information content (AvgIpc) is 2.36. The van der Waals surface area contributed by atoms with Crippen LogP contribution < -0.4 is 0 Å². The van der Waals surface area contributed by atoms with Gasteiger partial charge in [0.15, 0.2) is 5.16 Å². The Morgan fingerprint density at radius 2 is 2.50 bits per heavy atom. The summed E-state index contributed by atoms with van der Waals surface area (Å²) in [5.74, 6) is -0.844. The summed E-state index contributed by atoms with van der Waals surface area (Å²) in [5, 5.41) is 16.1. The van der Waals surface area contributed by atoms with Gasteiger partial charge in [-0.1, -0.05) is 11.8 Å². The predicted molar refractivity (Wildman–Crippen MR) is 44.0 cm³/mol. The minimum absolute atomic E-state index is 0.493. The predicted octanol–water partition coefficient (Wildman–Crippen LogP) is 0.380. The summed E-state index contributed by atoms with van der Waals surface area (Å²) in [5.41, 5.74) is 0. The molecule has 1 atom stereocenters. The van der Waals surface area contributed by atoms with Gasteiger partial charge in [0.25, 0.3) is 0 Å². The zero-order valence-electron chi connectivity index (χ0n) is 6.76. The summed E-state index contributed by atoms with van der Waals surface area (Å²) in [4.78, 5) is 10.5. The highest BCUT2D eigenvalue weighted by molar-refractivity contribution is 8.00. The van der Waals surface area contributed by atoms with E-state index in [1.54, 1.807) is 18.5 Å². The van der Waals surface area contributed by atoms with Crippen LogP contribution in [0.1, 0.15) is 6.92 Å². The van der Waals surface area contributed by atoms with E-state index in [9.17, 15) is 4.79 Å². The fraction of sp³-hybridized carbons (Fsp3) is 0.500. The topological polar surface area (TPSA) is 68.0 Å². The first kappa shape index (κ1) is 9.05. The maximum atomic E-state index is 10.5. The van der Waals surface area contributed by atoms with Gasteiger partial charge >= 0.3 is 5.97 Å². The van der Waals surface area contributed by atoms with Crippen molar-refractivity contribution in [3.8, 4) is 0 Å². The summed E-state index contributed by atoms with van der Waals surface area (Å²) in [6, 6.07) is 0. The van der Waals surface area contributed by atoms with Crippen LogP contribution in [0.2, 0.25) is 0 Å². The average molecular weight is 187 g/mol. The van der Waals surface area contributed by atoms with Crippen molar-refractivity contribution >= 4 is 17.7 Å². The molecule has 0 aromatic carbocycles. The van der Waals surface area contributed by atoms with Gasteiger partial charge in [0.05, 0.1) is 0 Å². The smallest absolute Gasteiger partial charge is 0.316 e. The molecule has 0 fully saturated rings. The molecule has 1 rings (SSSR count). The van der Waals surface area contributed by atoms with Crippen LogP contribution in [0.25, 0.3) is 0 Å². The second-order valence-corrected chi connectivity index (χ2v) is 3.63. The number of hydrogen-bond donors (Lipinski definition) is 1. The maximum absolute atomic E-state index is 10.5. The summed E-state index contributed by atoms with van der Waals surface area (Å²) < 4.78 is 1.68. The third-order valence-electron chi connectivity index (χ3n) is 1.30. The van der Waals surface area contributed by atoms with Crippen molar-refractivity contribution in [2.24, 2.45) is 7.05 Å². The van der Waals surface area contributed by atoms with Gasteiger partial charge in [0.1, 0.15) is 11.6 Å². The molecule has 6 heteroatoms. The zero-order chi connectivity index (χ0) is 9.14. The minimum atomic E-state index is -0.844. The third kappa shape index (κ3) is 1.97. The number of carboxylic acids is 1. The van der Waals surface area contributed by atoms with Crippen LogP contribution >= 0.6 is 11.8 Å². The summed E-state index contributed by atoms with van der Waals surface area (Å²) in [6.07, 6.45) is 1.54. The standard InChI is InChI=1S/C6H9N3O2S/c1-4(5(10)11)12-6-8-7-3-9(6)2/h3-4H,1-2H3,(H,10,11). The van der Waals surface area contributed by atoms with Gasteiger partial charge in [-0.25, -0.2) is 0 Å². The number of thioether (sulfide) groups is 1. The van der Waals surface area contributed by atoms with E-state index in [-0.39, 0.29) is 0 Å². The third-order valence-corrected chi connectivity index (χ3v) is 2.44. The largest absolute Gasteiger partial charge is 0.480 e.